The molecule has 1 fully saturated rings. The van der Waals surface area contributed by atoms with Crippen molar-refractivity contribution in [2.75, 3.05) is 5.33 Å². The first-order valence-electron chi connectivity index (χ1n) is 6.35. The highest BCUT2D eigenvalue weighted by molar-refractivity contribution is 9.09. The number of carbonyl (C=O) groups is 1. The maximum atomic E-state index is 12.4. The van der Waals surface area contributed by atoms with Gasteiger partial charge in [0.25, 0.3) is 0 Å². The number of halogens is 2. The van der Waals surface area contributed by atoms with Crippen LogP contribution in [0.3, 0.4) is 0 Å². The highest BCUT2D eigenvalue weighted by Gasteiger charge is 2.25. The van der Waals surface area contributed by atoms with E-state index in [2.05, 4.69) is 20.7 Å². The smallest absolute Gasteiger partial charge is 0.242 e. The van der Waals surface area contributed by atoms with Crippen molar-refractivity contribution >= 4 is 43.3 Å². The van der Waals surface area contributed by atoms with Crippen LogP contribution in [0, 0.1) is 0 Å². The molecule has 1 aromatic carbocycles. The van der Waals surface area contributed by atoms with Gasteiger partial charge in [-0.3, -0.25) is 4.79 Å². The number of sulfonamides is 1. The molecule has 110 valence electrons. The minimum atomic E-state index is -3.69. The molecule has 0 radical (unpaired) electrons. The summed E-state index contributed by atoms with van der Waals surface area (Å²) in [6.45, 7) is 0. The molecule has 1 aliphatic rings. The summed E-state index contributed by atoms with van der Waals surface area (Å²) in [5.41, 5.74) is 0.332. The van der Waals surface area contributed by atoms with Gasteiger partial charge >= 0.3 is 0 Å². The molecule has 1 saturated carbocycles. The van der Waals surface area contributed by atoms with Crippen molar-refractivity contribution in [3.05, 3.63) is 28.8 Å². The quantitative estimate of drug-likeness (QED) is 0.630. The average molecular weight is 381 g/mol. The Kier molecular flexibility index (Phi) is 5.23. The van der Waals surface area contributed by atoms with Crippen molar-refractivity contribution < 1.29 is 13.2 Å². The van der Waals surface area contributed by atoms with Crippen LogP contribution in [0.15, 0.2) is 23.1 Å². The van der Waals surface area contributed by atoms with Crippen molar-refractivity contribution in [2.45, 2.75) is 36.6 Å². The number of hydrogen-bond acceptors (Lipinski definition) is 3. The number of Topliss-reactive ketones (excluding diaryl/α,β-unsaturated/α-hetero) is 1. The zero-order valence-electron chi connectivity index (χ0n) is 10.7. The fourth-order valence-corrected chi connectivity index (χ4v) is 4.44. The maximum Gasteiger partial charge on any atom is 0.242 e. The Labute approximate surface area is 132 Å². The number of carbonyl (C=O) groups excluding carboxylic acids is 1. The molecule has 1 aromatic rings. The van der Waals surface area contributed by atoms with Crippen molar-refractivity contribution in [3.8, 4) is 0 Å². The molecule has 0 saturated heterocycles. The van der Waals surface area contributed by atoms with Crippen LogP contribution in [0.1, 0.15) is 36.0 Å². The van der Waals surface area contributed by atoms with Crippen molar-refractivity contribution in [3.63, 3.8) is 0 Å². The summed E-state index contributed by atoms with van der Waals surface area (Å²) >= 11 is 9.04. The van der Waals surface area contributed by atoms with E-state index >= 15 is 0 Å². The first-order valence-corrected chi connectivity index (χ1v) is 9.33. The lowest BCUT2D eigenvalue weighted by Gasteiger charge is -2.14. The van der Waals surface area contributed by atoms with Crippen LogP contribution in [0.2, 0.25) is 5.02 Å². The molecule has 0 spiro atoms. The van der Waals surface area contributed by atoms with Gasteiger partial charge in [0.1, 0.15) is 4.90 Å². The van der Waals surface area contributed by atoms with E-state index in [0.717, 1.165) is 25.7 Å². The predicted molar refractivity (Wildman–Crippen MR) is 82.2 cm³/mol. The fourth-order valence-electron chi connectivity index (χ4n) is 2.29. The molecule has 0 heterocycles. The Balaban J connectivity index is 2.32. The normalized spacial score (nSPS) is 16.5. The van der Waals surface area contributed by atoms with E-state index in [0.29, 0.717) is 5.56 Å². The Morgan fingerprint density at radius 1 is 1.35 bits per heavy atom. The van der Waals surface area contributed by atoms with Gasteiger partial charge in [-0.15, -0.1) is 0 Å². The van der Waals surface area contributed by atoms with Crippen LogP contribution in [-0.4, -0.2) is 25.6 Å². The molecule has 1 aliphatic carbocycles. The molecule has 4 nitrogen and oxygen atoms in total. The Hall–Kier alpha value is -0.430. The summed E-state index contributed by atoms with van der Waals surface area (Å²) in [7, 11) is -3.69. The number of ketones is 1. The number of nitrogens with one attached hydrogen (secondary N) is 1. The zero-order chi connectivity index (χ0) is 14.8. The summed E-state index contributed by atoms with van der Waals surface area (Å²) in [4.78, 5) is 11.6. The molecular weight excluding hydrogens is 366 g/mol. The molecule has 0 aliphatic heterocycles. The second-order valence-electron chi connectivity index (χ2n) is 4.80. The third kappa shape index (κ3) is 3.61. The summed E-state index contributed by atoms with van der Waals surface area (Å²) in [5, 5.41) is 0.270. The van der Waals surface area contributed by atoms with Crippen LogP contribution in [-0.2, 0) is 10.0 Å². The van der Waals surface area contributed by atoms with E-state index in [1.54, 1.807) is 0 Å². The standard InChI is InChI=1S/C13H15BrClNO3S/c14-8-12(17)9-5-6-11(15)13(7-9)20(18,19)16-10-3-1-2-4-10/h5-7,10,16H,1-4,8H2. The highest BCUT2D eigenvalue weighted by Crippen LogP contribution is 2.25. The van der Waals surface area contributed by atoms with Crippen molar-refractivity contribution in [1.82, 2.24) is 4.72 Å². The maximum absolute atomic E-state index is 12.4. The number of alkyl halides is 1. The molecular formula is C13H15BrClNO3S. The molecule has 7 heteroatoms. The van der Waals surface area contributed by atoms with Crippen LogP contribution < -0.4 is 4.72 Å². The highest BCUT2D eigenvalue weighted by atomic mass is 79.9. The topological polar surface area (TPSA) is 63.2 Å². The number of hydrogen-bond donors (Lipinski definition) is 1. The van der Waals surface area contributed by atoms with Gasteiger partial charge in [0.05, 0.1) is 10.4 Å². The number of rotatable bonds is 5. The molecule has 20 heavy (non-hydrogen) atoms. The summed E-state index contributed by atoms with van der Waals surface area (Å²) < 4.78 is 27.4. The van der Waals surface area contributed by atoms with Gasteiger partial charge in [-0.2, -0.15) is 0 Å². The minimum absolute atomic E-state index is 0.0298. The molecule has 2 rings (SSSR count). The lowest BCUT2D eigenvalue weighted by atomic mass is 10.1. The van der Waals surface area contributed by atoms with Crippen molar-refractivity contribution in [1.29, 1.82) is 0 Å². The zero-order valence-corrected chi connectivity index (χ0v) is 13.9. The van der Waals surface area contributed by atoms with E-state index in [4.69, 9.17) is 11.6 Å². The van der Waals surface area contributed by atoms with Gasteiger partial charge in [-0.05, 0) is 31.0 Å². The van der Waals surface area contributed by atoms with Gasteiger partial charge in [0, 0.05) is 11.6 Å². The van der Waals surface area contributed by atoms with Crippen LogP contribution in [0.4, 0.5) is 0 Å². The first-order chi connectivity index (χ1) is 9.44. The molecule has 1 N–H and O–H groups in total. The van der Waals surface area contributed by atoms with E-state index < -0.39 is 10.0 Å². The summed E-state index contributed by atoms with van der Waals surface area (Å²) in [6.07, 6.45) is 3.75. The molecule has 0 aromatic heterocycles. The third-order valence-corrected chi connectivity index (χ3v) is 5.85. The van der Waals surface area contributed by atoms with E-state index in [1.807, 2.05) is 0 Å². The van der Waals surface area contributed by atoms with Gasteiger partial charge in [0.2, 0.25) is 10.0 Å². The summed E-state index contributed by atoms with van der Waals surface area (Å²) in [6, 6.07) is 4.27. The average Bonchev–Trinajstić information content (AvgIpc) is 2.90. The molecule has 0 amide bonds. The van der Waals surface area contributed by atoms with Crippen LogP contribution in [0.5, 0.6) is 0 Å². The SMILES string of the molecule is O=C(CBr)c1ccc(Cl)c(S(=O)(=O)NC2CCCC2)c1. The van der Waals surface area contributed by atoms with E-state index in [1.165, 1.54) is 18.2 Å². The molecule has 0 bridgehead atoms. The molecule has 0 unspecified atom stereocenters. The third-order valence-electron chi connectivity index (χ3n) is 3.34. The first kappa shape index (κ1) is 15.9. The monoisotopic (exact) mass is 379 g/mol. The Morgan fingerprint density at radius 2 is 2.00 bits per heavy atom. The van der Waals surface area contributed by atoms with Crippen LogP contribution in [0.25, 0.3) is 0 Å². The van der Waals surface area contributed by atoms with Gasteiger partial charge < -0.3 is 0 Å². The predicted octanol–water partition coefficient (Wildman–Crippen LogP) is 3.14. The van der Waals surface area contributed by atoms with Crippen molar-refractivity contribution in [2.24, 2.45) is 0 Å². The van der Waals surface area contributed by atoms with Gasteiger partial charge in [0.15, 0.2) is 5.78 Å². The fraction of sp³-hybridized carbons (Fsp3) is 0.462. The molecule has 0 atom stereocenters. The lowest BCUT2D eigenvalue weighted by Crippen LogP contribution is -2.32. The largest absolute Gasteiger partial charge is 0.293 e. The van der Waals surface area contributed by atoms with Crippen LogP contribution >= 0.6 is 27.5 Å². The lowest BCUT2D eigenvalue weighted by molar-refractivity contribution is 0.102. The Morgan fingerprint density at radius 3 is 2.60 bits per heavy atom. The second-order valence-corrected chi connectivity index (χ2v) is 7.46. The number of benzene rings is 1. The Bertz CT molecular complexity index is 612. The van der Waals surface area contributed by atoms with Gasteiger partial charge in [-0.1, -0.05) is 40.4 Å². The minimum Gasteiger partial charge on any atom is -0.293 e. The van der Waals surface area contributed by atoms with E-state index in [-0.39, 0.29) is 27.1 Å². The summed E-state index contributed by atoms with van der Waals surface area (Å²) in [5.74, 6) is -0.181. The second kappa shape index (κ2) is 6.56. The van der Waals surface area contributed by atoms with E-state index in [9.17, 15) is 13.2 Å². The van der Waals surface area contributed by atoms with Gasteiger partial charge in [-0.25, -0.2) is 13.1 Å².